The Kier molecular flexibility index (Phi) is 6.87. The average molecular weight is 487 g/mol. The quantitative estimate of drug-likeness (QED) is 0.300. The SMILES string of the molecule is CCc1cc([C@H]2O[C@@H](n3cnc4c(NC(CC)CC)nc(NC5CCNC5)nc43)[C@H](O)[C@@H]2O)on1. The number of aryl methyl sites for hydroxylation is 1. The number of nitrogens with zero attached hydrogens (tertiary/aromatic N) is 5. The Morgan fingerprint density at radius 2 is 2.03 bits per heavy atom. The van der Waals surface area contributed by atoms with E-state index in [2.05, 4.69) is 39.9 Å². The minimum absolute atomic E-state index is 0.226. The molecule has 2 aliphatic heterocycles. The van der Waals surface area contributed by atoms with E-state index in [1.807, 2.05) is 6.92 Å². The van der Waals surface area contributed by atoms with Crippen LogP contribution in [0.4, 0.5) is 11.8 Å². The molecular weight excluding hydrogens is 452 g/mol. The molecule has 0 amide bonds. The van der Waals surface area contributed by atoms with Crippen molar-refractivity contribution in [2.24, 2.45) is 0 Å². The second-order valence-corrected chi connectivity index (χ2v) is 9.21. The fourth-order valence-corrected chi connectivity index (χ4v) is 4.67. The number of anilines is 2. The minimum Gasteiger partial charge on any atom is -0.387 e. The van der Waals surface area contributed by atoms with Crippen LogP contribution in [0.5, 0.6) is 0 Å². The van der Waals surface area contributed by atoms with E-state index in [-0.39, 0.29) is 12.1 Å². The molecule has 0 radical (unpaired) electrons. The Morgan fingerprint density at radius 1 is 1.20 bits per heavy atom. The normalized spacial score (nSPS) is 26.7. The van der Waals surface area contributed by atoms with Crippen molar-refractivity contribution in [3.63, 3.8) is 0 Å². The van der Waals surface area contributed by atoms with E-state index in [4.69, 9.17) is 19.2 Å². The second kappa shape index (κ2) is 10.1. The molecule has 0 aliphatic carbocycles. The van der Waals surface area contributed by atoms with Crippen molar-refractivity contribution < 1.29 is 19.5 Å². The zero-order chi connectivity index (χ0) is 24.5. The summed E-state index contributed by atoms with van der Waals surface area (Å²) in [5.74, 6) is 1.49. The van der Waals surface area contributed by atoms with Crippen molar-refractivity contribution in [1.29, 1.82) is 0 Å². The van der Waals surface area contributed by atoms with Gasteiger partial charge in [-0.2, -0.15) is 9.97 Å². The molecular formula is C23H34N8O4. The number of hydrogen-bond donors (Lipinski definition) is 5. The fraction of sp³-hybridized carbons (Fsp3) is 0.652. The van der Waals surface area contributed by atoms with Gasteiger partial charge in [-0.15, -0.1) is 0 Å². The Balaban J connectivity index is 1.50. The highest BCUT2D eigenvalue weighted by Crippen LogP contribution is 2.40. The summed E-state index contributed by atoms with van der Waals surface area (Å²) in [5.41, 5.74) is 1.84. The number of aliphatic hydroxyl groups is 2. The van der Waals surface area contributed by atoms with E-state index in [1.54, 1.807) is 17.0 Å². The van der Waals surface area contributed by atoms with E-state index in [0.717, 1.165) is 38.0 Å². The Bertz CT molecular complexity index is 1140. The summed E-state index contributed by atoms with van der Waals surface area (Å²) in [4.78, 5) is 14.0. The van der Waals surface area contributed by atoms with Gasteiger partial charge in [-0.3, -0.25) is 4.57 Å². The van der Waals surface area contributed by atoms with Crippen molar-refractivity contribution in [2.45, 2.75) is 83.1 Å². The summed E-state index contributed by atoms with van der Waals surface area (Å²) in [6.07, 6.45) is 0.943. The molecule has 5 rings (SSSR count). The van der Waals surface area contributed by atoms with Crippen LogP contribution < -0.4 is 16.0 Å². The van der Waals surface area contributed by atoms with Gasteiger partial charge < -0.3 is 35.4 Å². The summed E-state index contributed by atoms with van der Waals surface area (Å²) in [5, 5.41) is 35.9. The van der Waals surface area contributed by atoms with Crippen LogP contribution in [0.2, 0.25) is 0 Å². The molecule has 12 nitrogen and oxygen atoms in total. The molecule has 5 heterocycles. The van der Waals surface area contributed by atoms with Crippen LogP contribution in [0.1, 0.15) is 63.8 Å². The highest BCUT2D eigenvalue weighted by atomic mass is 16.6. The fourth-order valence-electron chi connectivity index (χ4n) is 4.67. The topological polar surface area (TPSA) is 155 Å². The van der Waals surface area contributed by atoms with Crippen molar-refractivity contribution in [2.75, 3.05) is 23.7 Å². The number of aliphatic hydroxyl groups excluding tert-OH is 2. The minimum atomic E-state index is -1.21. The Morgan fingerprint density at radius 3 is 2.71 bits per heavy atom. The first-order chi connectivity index (χ1) is 17.0. The van der Waals surface area contributed by atoms with Crippen molar-refractivity contribution in [3.8, 4) is 0 Å². The maximum Gasteiger partial charge on any atom is 0.227 e. The highest BCUT2D eigenvalue weighted by Gasteiger charge is 2.47. The smallest absolute Gasteiger partial charge is 0.227 e. The van der Waals surface area contributed by atoms with Crippen molar-refractivity contribution >= 4 is 22.9 Å². The summed E-state index contributed by atoms with van der Waals surface area (Å²) in [7, 11) is 0. The molecule has 3 aromatic heterocycles. The van der Waals surface area contributed by atoms with Crippen LogP contribution in [0, 0.1) is 0 Å². The summed E-state index contributed by atoms with van der Waals surface area (Å²) in [6.45, 7) is 7.99. The van der Waals surface area contributed by atoms with E-state index in [1.165, 1.54) is 0 Å². The Labute approximate surface area is 203 Å². The van der Waals surface area contributed by atoms with Gasteiger partial charge in [0.1, 0.15) is 18.3 Å². The molecule has 1 unspecified atom stereocenters. The summed E-state index contributed by atoms with van der Waals surface area (Å²) in [6, 6.07) is 2.20. The van der Waals surface area contributed by atoms with E-state index in [9.17, 15) is 10.2 Å². The van der Waals surface area contributed by atoms with Gasteiger partial charge >= 0.3 is 0 Å². The lowest BCUT2D eigenvalue weighted by Gasteiger charge is -2.19. The molecule has 3 aromatic rings. The van der Waals surface area contributed by atoms with Gasteiger partial charge in [0.2, 0.25) is 5.95 Å². The van der Waals surface area contributed by atoms with Gasteiger partial charge in [0, 0.05) is 24.7 Å². The first kappa shape index (κ1) is 23.9. The zero-order valence-corrected chi connectivity index (χ0v) is 20.3. The zero-order valence-electron chi connectivity index (χ0n) is 20.3. The molecule has 0 aromatic carbocycles. The maximum absolute atomic E-state index is 10.9. The predicted octanol–water partition coefficient (Wildman–Crippen LogP) is 1.74. The highest BCUT2D eigenvalue weighted by molar-refractivity contribution is 5.84. The first-order valence-electron chi connectivity index (χ1n) is 12.5. The van der Waals surface area contributed by atoms with Crippen LogP contribution >= 0.6 is 0 Å². The van der Waals surface area contributed by atoms with Gasteiger partial charge in [0.05, 0.1) is 12.0 Å². The second-order valence-electron chi connectivity index (χ2n) is 9.21. The molecule has 35 heavy (non-hydrogen) atoms. The number of fused-ring (bicyclic) bond motifs is 1. The lowest BCUT2D eigenvalue weighted by atomic mass is 10.1. The largest absolute Gasteiger partial charge is 0.387 e. The molecule has 0 spiro atoms. The Hall–Kier alpha value is -2.80. The number of rotatable bonds is 9. The van der Waals surface area contributed by atoms with Crippen LogP contribution in [-0.4, -0.2) is 72.3 Å². The van der Waals surface area contributed by atoms with Gasteiger partial charge in [-0.05, 0) is 32.2 Å². The lowest BCUT2D eigenvalue weighted by molar-refractivity contribution is -0.0434. The molecule has 190 valence electrons. The van der Waals surface area contributed by atoms with Crippen LogP contribution in [0.15, 0.2) is 16.9 Å². The molecule has 2 aliphatic rings. The van der Waals surface area contributed by atoms with Gasteiger partial charge in [-0.1, -0.05) is 25.9 Å². The molecule has 5 atom stereocenters. The summed E-state index contributed by atoms with van der Waals surface area (Å²) >= 11 is 0. The third-order valence-electron chi connectivity index (χ3n) is 6.87. The third kappa shape index (κ3) is 4.58. The molecule has 0 bridgehead atoms. The first-order valence-corrected chi connectivity index (χ1v) is 12.5. The standard InChI is InChI=1S/C23H34N8O4/c1-4-12(5-2)26-20-16-21(29-23(28-20)27-14-7-8-24-10-14)31(11-25-16)22-18(33)17(32)19(34-22)15-9-13(6-3)30-35-15/h9,11-12,14,17-19,22,24,32-33H,4-8,10H2,1-3H3,(H2,26,27,28,29)/t14?,17-,18+,19+,22+/m0/s1. The monoisotopic (exact) mass is 486 g/mol. The molecule has 5 N–H and O–H groups in total. The van der Waals surface area contributed by atoms with Gasteiger partial charge in [0.25, 0.3) is 0 Å². The predicted molar refractivity (Wildman–Crippen MR) is 129 cm³/mol. The van der Waals surface area contributed by atoms with E-state index >= 15 is 0 Å². The number of imidazole rings is 1. The van der Waals surface area contributed by atoms with Crippen molar-refractivity contribution in [1.82, 2.24) is 30.0 Å². The van der Waals surface area contributed by atoms with Crippen LogP contribution in [0.3, 0.4) is 0 Å². The van der Waals surface area contributed by atoms with Crippen molar-refractivity contribution in [3.05, 3.63) is 23.8 Å². The van der Waals surface area contributed by atoms with Crippen LogP contribution in [0.25, 0.3) is 11.2 Å². The number of aromatic nitrogens is 5. The molecule has 12 heteroatoms. The number of ether oxygens (including phenoxy) is 1. The lowest BCUT2D eigenvalue weighted by Crippen LogP contribution is -2.29. The third-order valence-corrected chi connectivity index (χ3v) is 6.87. The van der Waals surface area contributed by atoms with E-state index < -0.39 is 24.5 Å². The van der Waals surface area contributed by atoms with E-state index in [0.29, 0.717) is 35.1 Å². The number of hydrogen-bond acceptors (Lipinski definition) is 11. The molecule has 2 saturated heterocycles. The van der Waals surface area contributed by atoms with Gasteiger partial charge in [-0.25, -0.2) is 4.98 Å². The molecule has 0 saturated carbocycles. The maximum atomic E-state index is 10.9. The summed E-state index contributed by atoms with van der Waals surface area (Å²) < 4.78 is 13.1. The van der Waals surface area contributed by atoms with Crippen LogP contribution in [-0.2, 0) is 11.2 Å². The van der Waals surface area contributed by atoms with Gasteiger partial charge in [0.15, 0.2) is 29.0 Å². The average Bonchev–Trinajstić information content (AvgIpc) is 3.66. The molecule has 2 fully saturated rings. The number of nitrogens with one attached hydrogen (secondary N) is 3.